The molecule has 0 spiro atoms. The van der Waals surface area contributed by atoms with Gasteiger partial charge in [0.25, 0.3) is 0 Å². The Labute approximate surface area is 300 Å². The molecule has 2 heterocycles. The number of hydrogen-bond acceptors (Lipinski definition) is 4. The van der Waals surface area contributed by atoms with E-state index in [0.717, 1.165) is 27.6 Å². The van der Waals surface area contributed by atoms with Crippen molar-refractivity contribution in [3.63, 3.8) is 0 Å². The highest BCUT2D eigenvalue weighted by Gasteiger charge is 2.24. The van der Waals surface area contributed by atoms with Crippen molar-refractivity contribution in [2.45, 2.75) is 9.79 Å². The van der Waals surface area contributed by atoms with E-state index in [1.54, 1.807) is 0 Å². The fourth-order valence-electron chi connectivity index (χ4n) is 7.22. The Morgan fingerprint density at radius 2 is 0.922 bits per heavy atom. The van der Waals surface area contributed by atoms with Gasteiger partial charge in [0.1, 0.15) is 0 Å². The lowest BCUT2D eigenvalue weighted by molar-refractivity contribution is 1.08. The third kappa shape index (κ3) is 5.20. The first-order valence-corrected chi connectivity index (χ1v) is 17.9. The lowest BCUT2D eigenvalue weighted by Crippen LogP contribution is -2.01. The molecule has 8 aromatic carbocycles. The average molecular weight is 668 g/mol. The SMILES string of the molecule is c1ccc(-c2nc(-c3ccc(-c4ccc5ccccc5c4)cc3)nc(-c3ccc4c5c(cccc35)-c3cccc(-c5ccccc5)c3S4)n2)cc1. The maximum Gasteiger partial charge on any atom is 0.164 e. The van der Waals surface area contributed by atoms with Gasteiger partial charge < -0.3 is 0 Å². The number of hydrogen-bond donors (Lipinski definition) is 0. The second kappa shape index (κ2) is 12.2. The quantitative estimate of drug-likeness (QED) is 0.183. The van der Waals surface area contributed by atoms with E-state index in [1.807, 2.05) is 30.0 Å². The summed E-state index contributed by atoms with van der Waals surface area (Å²) in [5, 5.41) is 4.84. The Balaban J connectivity index is 1.10. The highest BCUT2D eigenvalue weighted by molar-refractivity contribution is 8.00. The van der Waals surface area contributed by atoms with Crippen LogP contribution in [0.5, 0.6) is 0 Å². The predicted octanol–water partition coefficient (Wildman–Crippen LogP) is 12.6. The van der Waals surface area contributed by atoms with Crippen molar-refractivity contribution in [3.8, 4) is 67.5 Å². The summed E-state index contributed by atoms with van der Waals surface area (Å²) in [6, 6.07) is 62.1. The zero-order valence-corrected chi connectivity index (χ0v) is 28.3. The van der Waals surface area contributed by atoms with Gasteiger partial charge in [0, 0.05) is 31.9 Å². The molecule has 1 aromatic heterocycles. The molecule has 0 atom stereocenters. The lowest BCUT2D eigenvalue weighted by atomic mass is 9.92. The Morgan fingerprint density at radius 3 is 1.71 bits per heavy atom. The Hall–Kier alpha value is -6.36. The van der Waals surface area contributed by atoms with Crippen molar-refractivity contribution >= 4 is 33.3 Å². The first kappa shape index (κ1) is 29.5. The molecule has 0 saturated heterocycles. The van der Waals surface area contributed by atoms with Gasteiger partial charge in [-0.3, -0.25) is 0 Å². The summed E-state index contributed by atoms with van der Waals surface area (Å²) >= 11 is 1.85. The van der Waals surface area contributed by atoms with Crippen LogP contribution >= 0.6 is 11.8 Å². The molecular formula is C47H29N3S. The number of fused-ring (bicyclic) bond motifs is 3. The van der Waals surface area contributed by atoms with Crippen LogP contribution in [0, 0.1) is 0 Å². The zero-order chi connectivity index (χ0) is 33.7. The molecule has 0 bridgehead atoms. The van der Waals surface area contributed by atoms with Crippen LogP contribution in [0.2, 0.25) is 0 Å². The summed E-state index contributed by atoms with van der Waals surface area (Å²) in [6.45, 7) is 0. The highest BCUT2D eigenvalue weighted by Crippen LogP contribution is 2.52. The van der Waals surface area contributed by atoms with Crippen molar-refractivity contribution in [2.75, 3.05) is 0 Å². The van der Waals surface area contributed by atoms with Gasteiger partial charge in [-0.1, -0.05) is 169 Å². The first-order chi connectivity index (χ1) is 25.3. The lowest BCUT2D eigenvalue weighted by Gasteiger charge is -2.23. The van der Waals surface area contributed by atoms with Crippen LogP contribution < -0.4 is 0 Å². The molecule has 1 aliphatic rings. The minimum Gasteiger partial charge on any atom is -0.208 e. The van der Waals surface area contributed by atoms with E-state index in [0.29, 0.717) is 17.5 Å². The third-order valence-electron chi connectivity index (χ3n) is 9.74. The molecule has 0 saturated carbocycles. The Bertz CT molecular complexity index is 2760. The summed E-state index contributed by atoms with van der Waals surface area (Å²) in [6.07, 6.45) is 0. The second-order valence-corrected chi connectivity index (χ2v) is 13.9. The number of aromatic nitrogens is 3. The fourth-order valence-corrected chi connectivity index (χ4v) is 8.48. The summed E-state index contributed by atoms with van der Waals surface area (Å²) in [5.74, 6) is 1.97. The van der Waals surface area contributed by atoms with E-state index < -0.39 is 0 Å². The monoisotopic (exact) mass is 667 g/mol. The van der Waals surface area contributed by atoms with Gasteiger partial charge in [0.15, 0.2) is 17.5 Å². The molecule has 51 heavy (non-hydrogen) atoms. The molecule has 9 aromatic rings. The molecule has 0 fully saturated rings. The van der Waals surface area contributed by atoms with Gasteiger partial charge in [-0.05, 0) is 67.7 Å². The van der Waals surface area contributed by atoms with Gasteiger partial charge in [0.2, 0.25) is 0 Å². The van der Waals surface area contributed by atoms with E-state index in [4.69, 9.17) is 15.0 Å². The van der Waals surface area contributed by atoms with Gasteiger partial charge in [-0.15, -0.1) is 0 Å². The molecule has 238 valence electrons. The molecule has 0 aliphatic carbocycles. The van der Waals surface area contributed by atoms with E-state index in [9.17, 15) is 0 Å². The molecule has 4 heteroatoms. The van der Waals surface area contributed by atoms with Crippen LogP contribution in [-0.2, 0) is 0 Å². The molecular weight excluding hydrogens is 639 g/mol. The molecule has 0 radical (unpaired) electrons. The maximum atomic E-state index is 5.17. The standard InChI is InChI=1S/C47H29N3S/c1-3-12-32(13-4-1)37-17-9-20-40-38-18-10-19-39-41(27-28-42(43(38)39)51-44(37)40)47-49-45(33-14-5-2-6-15-33)48-46(50-47)34-24-21-31(22-25-34)36-26-23-30-11-7-8-16-35(30)29-36/h1-29H. The molecule has 3 nitrogen and oxygen atoms in total. The van der Waals surface area contributed by atoms with Gasteiger partial charge in [-0.2, -0.15) is 0 Å². The number of rotatable bonds is 5. The first-order valence-electron chi connectivity index (χ1n) is 17.1. The van der Waals surface area contributed by atoms with E-state index in [-0.39, 0.29) is 0 Å². The van der Waals surface area contributed by atoms with Crippen LogP contribution in [0.1, 0.15) is 0 Å². The van der Waals surface area contributed by atoms with Crippen molar-refractivity contribution in [1.29, 1.82) is 0 Å². The normalized spacial score (nSPS) is 11.8. The van der Waals surface area contributed by atoms with Crippen LogP contribution in [0.15, 0.2) is 186 Å². The number of benzene rings is 8. The van der Waals surface area contributed by atoms with Crippen molar-refractivity contribution in [2.24, 2.45) is 0 Å². The summed E-state index contributed by atoms with van der Waals surface area (Å²) in [5.41, 5.74) is 10.2. The van der Waals surface area contributed by atoms with E-state index in [2.05, 4.69) is 158 Å². The van der Waals surface area contributed by atoms with Crippen molar-refractivity contribution in [1.82, 2.24) is 15.0 Å². The minimum absolute atomic E-state index is 0.650. The van der Waals surface area contributed by atoms with Gasteiger partial charge in [-0.25, -0.2) is 15.0 Å². The molecule has 0 amide bonds. The van der Waals surface area contributed by atoms with Crippen molar-refractivity contribution < 1.29 is 0 Å². The van der Waals surface area contributed by atoms with E-state index >= 15 is 0 Å². The topological polar surface area (TPSA) is 38.7 Å². The van der Waals surface area contributed by atoms with Crippen LogP contribution in [0.3, 0.4) is 0 Å². The molecule has 0 unspecified atom stereocenters. The number of nitrogens with zero attached hydrogens (tertiary/aromatic N) is 3. The van der Waals surface area contributed by atoms with Gasteiger partial charge >= 0.3 is 0 Å². The second-order valence-electron chi connectivity index (χ2n) is 12.8. The minimum atomic E-state index is 0.650. The zero-order valence-electron chi connectivity index (χ0n) is 27.5. The smallest absolute Gasteiger partial charge is 0.164 e. The molecule has 0 N–H and O–H groups in total. The highest BCUT2D eigenvalue weighted by atomic mass is 32.2. The van der Waals surface area contributed by atoms with Crippen molar-refractivity contribution in [3.05, 3.63) is 176 Å². The molecule has 1 aliphatic heterocycles. The van der Waals surface area contributed by atoms with E-state index in [1.165, 1.54) is 53.8 Å². The average Bonchev–Trinajstić information content (AvgIpc) is 3.21. The predicted molar refractivity (Wildman–Crippen MR) is 212 cm³/mol. The van der Waals surface area contributed by atoms with Crippen LogP contribution in [-0.4, -0.2) is 15.0 Å². The summed E-state index contributed by atoms with van der Waals surface area (Å²) in [4.78, 5) is 17.8. The maximum absolute atomic E-state index is 5.17. The van der Waals surface area contributed by atoms with Crippen LogP contribution in [0.25, 0.3) is 89.1 Å². The van der Waals surface area contributed by atoms with Crippen LogP contribution in [0.4, 0.5) is 0 Å². The largest absolute Gasteiger partial charge is 0.208 e. The Kier molecular flexibility index (Phi) is 7.07. The Morgan fingerprint density at radius 1 is 0.333 bits per heavy atom. The third-order valence-corrected chi connectivity index (χ3v) is 10.9. The van der Waals surface area contributed by atoms with Gasteiger partial charge in [0.05, 0.1) is 0 Å². The fraction of sp³-hybridized carbons (Fsp3) is 0. The summed E-state index contributed by atoms with van der Waals surface area (Å²) < 4.78 is 0. The summed E-state index contributed by atoms with van der Waals surface area (Å²) in [7, 11) is 0. The molecule has 10 rings (SSSR count).